The van der Waals surface area contributed by atoms with Crippen molar-refractivity contribution in [2.75, 3.05) is 9.80 Å². The van der Waals surface area contributed by atoms with Crippen molar-refractivity contribution in [3.63, 3.8) is 0 Å². The highest BCUT2D eigenvalue weighted by Gasteiger charge is 2.40. The van der Waals surface area contributed by atoms with Crippen LogP contribution < -0.4 is 9.80 Å². The third-order valence-electron chi connectivity index (χ3n) is 17.9. The molecule has 7 nitrogen and oxygen atoms in total. The molecular weight excluding hydrogens is 1050 g/mol. The molecule has 0 bridgehead atoms. The molecule has 0 N–H and O–H groups in total. The first kappa shape index (κ1) is 47.8. The van der Waals surface area contributed by atoms with Crippen LogP contribution in [-0.4, -0.2) is 18.3 Å². The second kappa shape index (κ2) is 18.6. The van der Waals surface area contributed by atoms with Crippen molar-refractivity contribution >= 4 is 121 Å². The van der Waals surface area contributed by atoms with Crippen LogP contribution in [0.4, 0.5) is 34.1 Å². The SMILES string of the molecule is N#Cc1ccc(-c2c(-n3c4ccccc4c4ccccc43)c(-n3c4ccccc4c4ccccc43)c(N3c4ccccc4N(c4ccccc4)c4ccccc43)c(-n3c4ccccc4c4ccccc43)c2-n2c3ccccc3c3ccccc32)cc1. The molecule has 400 valence electrons. The zero-order valence-electron chi connectivity index (χ0n) is 46.4. The summed E-state index contributed by atoms with van der Waals surface area (Å²) in [6.45, 7) is 0. The largest absolute Gasteiger partial charge is 0.306 e. The normalized spacial score (nSPS) is 12.4. The summed E-state index contributed by atoms with van der Waals surface area (Å²) in [7, 11) is 0. The third-order valence-corrected chi connectivity index (χ3v) is 17.9. The Bertz CT molecular complexity index is 5180. The fraction of sp³-hybridized carbons (Fsp3) is 0. The Morgan fingerprint density at radius 3 is 0.779 bits per heavy atom. The first-order valence-corrected chi connectivity index (χ1v) is 29.3. The maximum atomic E-state index is 10.7. The number of hydrogen-bond acceptors (Lipinski definition) is 3. The maximum absolute atomic E-state index is 10.7. The molecule has 0 fully saturated rings. The molecule has 0 amide bonds. The summed E-state index contributed by atoms with van der Waals surface area (Å²) < 4.78 is 10.3. The van der Waals surface area contributed by atoms with Crippen molar-refractivity contribution in [2.45, 2.75) is 0 Å². The summed E-state index contributed by atoms with van der Waals surface area (Å²) in [5.41, 5.74) is 21.0. The van der Waals surface area contributed by atoms with Gasteiger partial charge in [0, 0.05) is 54.3 Å². The second-order valence-corrected chi connectivity index (χ2v) is 22.3. The van der Waals surface area contributed by atoms with Crippen LogP contribution in [0.1, 0.15) is 5.56 Å². The van der Waals surface area contributed by atoms with Gasteiger partial charge in [0.25, 0.3) is 0 Å². The van der Waals surface area contributed by atoms with Gasteiger partial charge in [-0.3, -0.25) is 0 Å². The molecule has 1 aliphatic heterocycles. The van der Waals surface area contributed by atoms with E-state index in [0.29, 0.717) is 5.56 Å². The average molecular weight is 1100 g/mol. The molecule has 0 unspecified atom stereocenters. The van der Waals surface area contributed by atoms with Crippen molar-refractivity contribution in [1.82, 2.24) is 18.3 Å². The fourth-order valence-corrected chi connectivity index (χ4v) is 14.4. The van der Waals surface area contributed by atoms with Gasteiger partial charge in [-0.2, -0.15) is 5.26 Å². The molecule has 0 aliphatic carbocycles. The molecule has 0 radical (unpaired) electrons. The van der Waals surface area contributed by atoms with Gasteiger partial charge in [0.1, 0.15) is 0 Å². The van der Waals surface area contributed by atoms with Crippen molar-refractivity contribution in [1.29, 1.82) is 5.26 Å². The first-order valence-electron chi connectivity index (χ1n) is 29.3. The first-order chi connectivity index (χ1) is 42.7. The number of nitrogens with zero attached hydrogens (tertiary/aromatic N) is 7. The fourth-order valence-electron chi connectivity index (χ4n) is 14.4. The van der Waals surface area contributed by atoms with Gasteiger partial charge in [0.15, 0.2) is 0 Å². The summed E-state index contributed by atoms with van der Waals surface area (Å²) in [4.78, 5) is 5.02. The number of para-hydroxylation sites is 13. The van der Waals surface area contributed by atoms with Gasteiger partial charge in [-0.25, -0.2) is 0 Å². The Hall–Kier alpha value is -11.9. The molecule has 5 heterocycles. The predicted octanol–water partition coefficient (Wildman–Crippen LogP) is 20.9. The van der Waals surface area contributed by atoms with Gasteiger partial charge >= 0.3 is 0 Å². The highest BCUT2D eigenvalue weighted by Crippen LogP contribution is 2.61. The smallest absolute Gasteiger partial charge is 0.0992 e. The van der Waals surface area contributed by atoms with Crippen molar-refractivity contribution in [2.24, 2.45) is 0 Å². The van der Waals surface area contributed by atoms with Gasteiger partial charge in [0.2, 0.25) is 0 Å². The summed E-state index contributed by atoms with van der Waals surface area (Å²) in [6.07, 6.45) is 0. The quantitative estimate of drug-likeness (QED) is 0.160. The second-order valence-electron chi connectivity index (χ2n) is 22.3. The Labute approximate surface area is 494 Å². The van der Waals surface area contributed by atoms with Crippen LogP contribution in [-0.2, 0) is 0 Å². The Kier molecular flexibility index (Phi) is 10.3. The van der Waals surface area contributed by atoms with Crippen molar-refractivity contribution in [3.8, 4) is 39.9 Å². The zero-order chi connectivity index (χ0) is 56.6. The van der Waals surface area contributed by atoms with E-state index in [9.17, 15) is 5.26 Å². The van der Waals surface area contributed by atoms with E-state index in [1.165, 1.54) is 0 Å². The lowest BCUT2D eigenvalue weighted by molar-refractivity contribution is 1.03. The number of rotatable bonds is 7. The molecule has 0 atom stereocenters. The molecule has 0 spiro atoms. The minimum Gasteiger partial charge on any atom is -0.306 e. The minimum absolute atomic E-state index is 0.581. The van der Waals surface area contributed by atoms with Crippen LogP contribution >= 0.6 is 0 Å². The van der Waals surface area contributed by atoms with Gasteiger partial charge < -0.3 is 28.1 Å². The Morgan fingerprint density at radius 1 is 0.221 bits per heavy atom. The van der Waals surface area contributed by atoms with E-state index in [1.54, 1.807) is 0 Å². The van der Waals surface area contributed by atoms with E-state index >= 15 is 0 Å². The summed E-state index contributed by atoms with van der Waals surface area (Å²) in [6, 6.07) is 111. The van der Waals surface area contributed by atoms with Crippen LogP contribution in [0, 0.1) is 11.3 Å². The Balaban J connectivity index is 1.22. The average Bonchev–Trinajstić information content (AvgIpc) is 1.37. The number of fused-ring (bicyclic) bond motifs is 14. The highest BCUT2D eigenvalue weighted by molar-refractivity contribution is 6.20. The Morgan fingerprint density at radius 2 is 0.477 bits per heavy atom. The molecule has 0 saturated carbocycles. The maximum Gasteiger partial charge on any atom is 0.0992 e. The van der Waals surface area contributed by atoms with E-state index in [1.807, 2.05) is 12.1 Å². The van der Waals surface area contributed by atoms with Crippen LogP contribution in [0.15, 0.2) is 297 Å². The number of anilines is 6. The third kappa shape index (κ3) is 6.66. The molecule has 7 heteroatoms. The van der Waals surface area contributed by atoms with E-state index in [-0.39, 0.29) is 0 Å². The van der Waals surface area contributed by atoms with Crippen LogP contribution in [0.2, 0.25) is 0 Å². The van der Waals surface area contributed by atoms with E-state index < -0.39 is 0 Å². The summed E-state index contributed by atoms with van der Waals surface area (Å²) >= 11 is 0. The van der Waals surface area contributed by atoms with Crippen LogP contribution in [0.25, 0.3) is 121 Å². The zero-order valence-corrected chi connectivity index (χ0v) is 46.4. The number of nitriles is 1. The van der Waals surface area contributed by atoms with E-state index in [2.05, 4.69) is 319 Å². The number of benzene rings is 13. The molecule has 13 aromatic carbocycles. The monoisotopic (exact) mass is 1100 g/mol. The van der Waals surface area contributed by atoms with Crippen molar-refractivity contribution < 1.29 is 0 Å². The van der Waals surface area contributed by atoms with Gasteiger partial charge in [-0.05, 0) is 103 Å². The number of aromatic nitrogens is 4. The molecule has 86 heavy (non-hydrogen) atoms. The molecule has 0 saturated heterocycles. The van der Waals surface area contributed by atoms with Gasteiger partial charge in [-0.15, -0.1) is 0 Å². The lowest BCUT2D eigenvalue weighted by Gasteiger charge is -2.43. The minimum atomic E-state index is 0.581. The molecule has 1 aliphatic rings. The topological polar surface area (TPSA) is 50.0 Å². The van der Waals surface area contributed by atoms with E-state index in [4.69, 9.17) is 0 Å². The highest BCUT2D eigenvalue weighted by atomic mass is 15.3. The van der Waals surface area contributed by atoms with Crippen LogP contribution in [0.3, 0.4) is 0 Å². The molecule has 18 rings (SSSR count). The van der Waals surface area contributed by atoms with Gasteiger partial charge in [0.05, 0.1) is 107 Å². The summed E-state index contributed by atoms with van der Waals surface area (Å²) in [5, 5.41) is 19.8. The summed E-state index contributed by atoms with van der Waals surface area (Å²) in [5.74, 6) is 0. The lowest BCUT2D eigenvalue weighted by Crippen LogP contribution is -2.27. The molecule has 4 aromatic heterocycles. The van der Waals surface area contributed by atoms with Gasteiger partial charge in [-0.1, -0.05) is 200 Å². The predicted molar refractivity (Wildman–Crippen MR) is 357 cm³/mol. The molecule has 17 aromatic rings. The standard InChI is InChI=1S/C79H49N7/c80-50-51-46-48-52(49-47-51)74-75(82-62-34-12-4-26-54(62)55-27-5-13-35-63(55)82)77(84-66-38-16-8-30-58(66)59-31-9-17-39-67(59)84)79(86-72-44-22-20-42-70(72)81(53-24-2-1-3-25-53)71-43-21-23-45-73(71)86)78(85-68-40-18-10-32-60(68)61-33-11-19-41-69(61)85)76(74)83-64-36-14-6-28-56(64)57-29-7-15-37-65(57)83/h1-49H. The van der Waals surface area contributed by atoms with Crippen molar-refractivity contribution in [3.05, 3.63) is 303 Å². The molecular formula is C79H49N7. The lowest BCUT2D eigenvalue weighted by atomic mass is 9.93. The van der Waals surface area contributed by atoms with E-state index in [0.717, 1.165) is 155 Å². The van der Waals surface area contributed by atoms with Crippen LogP contribution in [0.5, 0.6) is 0 Å². The number of hydrogen-bond donors (Lipinski definition) is 0.